The average molecular weight is 267 g/mol. The zero-order chi connectivity index (χ0) is 13.7. The molecule has 19 heavy (non-hydrogen) atoms. The lowest BCUT2D eigenvalue weighted by atomic mass is 9.95. The Kier molecular flexibility index (Phi) is 5.64. The Hall–Kier alpha value is -0.610. The monoisotopic (exact) mass is 267 g/mol. The first-order valence-electron chi connectivity index (χ1n) is 7.97. The zero-order valence-electron chi connectivity index (χ0n) is 12.3. The summed E-state index contributed by atoms with van der Waals surface area (Å²) in [5.74, 6) is 0.950. The largest absolute Gasteiger partial charge is 0.341 e. The van der Waals surface area contributed by atoms with Crippen molar-refractivity contribution in [3.63, 3.8) is 0 Å². The van der Waals surface area contributed by atoms with Crippen LogP contribution in [0.1, 0.15) is 45.4 Å². The molecule has 4 nitrogen and oxygen atoms in total. The van der Waals surface area contributed by atoms with Crippen LogP contribution in [-0.4, -0.2) is 54.5 Å². The number of amides is 1. The first kappa shape index (κ1) is 14.8. The van der Waals surface area contributed by atoms with Crippen LogP contribution in [0.4, 0.5) is 0 Å². The van der Waals surface area contributed by atoms with Crippen LogP contribution in [0, 0.1) is 5.92 Å². The van der Waals surface area contributed by atoms with E-state index in [0.29, 0.717) is 0 Å². The second-order valence-electron chi connectivity index (χ2n) is 6.17. The maximum atomic E-state index is 12.1. The molecule has 0 aromatic carbocycles. The van der Waals surface area contributed by atoms with Gasteiger partial charge in [-0.25, -0.2) is 0 Å². The van der Waals surface area contributed by atoms with E-state index in [-0.39, 0.29) is 11.9 Å². The minimum Gasteiger partial charge on any atom is -0.341 e. The van der Waals surface area contributed by atoms with Gasteiger partial charge in [-0.2, -0.15) is 0 Å². The molecule has 4 heteroatoms. The summed E-state index contributed by atoms with van der Waals surface area (Å²) in [5.41, 5.74) is 5.93. The summed E-state index contributed by atoms with van der Waals surface area (Å²) >= 11 is 0. The fourth-order valence-electron chi connectivity index (χ4n) is 3.34. The van der Waals surface area contributed by atoms with Crippen LogP contribution in [0.15, 0.2) is 0 Å². The van der Waals surface area contributed by atoms with E-state index in [0.717, 1.165) is 44.7 Å². The normalized spacial score (nSPS) is 23.8. The lowest BCUT2D eigenvalue weighted by molar-refractivity contribution is -0.134. The molecule has 0 bridgehead atoms. The third-order valence-corrected chi connectivity index (χ3v) is 4.56. The molecule has 0 radical (unpaired) electrons. The van der Waals surface area contributed by atoms with Crippen molar-refractivity contribution in [3.05, 3.63) is 0 Å². The molecule has 1 amide bonds. The van der Waals surface area contributed by atoms with Crippen molar-refractivity contribution in [2.24, 2.45) is 11.7 Å². The van der Waals surface area contributed by atoms with Crippen molar-refractivity contribution in [2.45, 2.75) is 51.5 Å². The van der Waals surface area contributed by atoms with Crippen LogP contribution in [0.25, 0.3) is 0 Å². The summed E-state index contributed by atoms with van der Waals surface area (Å²) in [6.07, 6.45) is 6.83. The first-order valence-corrected chi connectivity index (χ1v) is 7.97. The van der Waals surface area contributed by atoms with Crippen LogP contribution in [-0.2, 0) is 4.79 Å². The molecular formula is C15H29N3O. The van der Waals surface area contributed by atoms with E-state index < -0.39 is 0 Å². The van der Waals surface area contributed by atoms with Crippen molar-refractivity contribution in [1.29, 1.82) is 0 Å². The van der Waals surface area contributed by atoms with Gasteiger partial charge >= 0.3 is 0 Å². The van der Waals surface area contributed by atoms with E-state index in [9.17, 15) is 4.79 Å². The van der Waals surface area contributed by atoms with Crippen molar-refractivity contribution >= 4 is 5.91 Å². The number of carbonyl (C=O) groups is 1. The van der Waals surface area contributed by atoms with E-state index in [1.807, 2.05) is 4.90 Å². The molecule has 2 rings (SSSR count). The molecule has 0 unspecified atom stereocenters. The van der Waals surface area contributed by atoms with Gasteiger partial charge in [-0.3, -0.25) is 4.79 Å². The fourth-order valence-corrected chi connectivity index (χ4v) is 3.34. The van der Waals surface area contributed by atoms with Gasteiger partial charge in [-0.05, 0) is 51.1 Å². The minimum atomic E-state index is -0.278. The van der Waals surface area contributed by atoms with E-state index in [1.54, 1.807) is 0 Å². The SMILES string of the molecule is CCC[C@H](N)C(=O)N1CCC(CN2CCCC2)CC1. The number of rotatable bonds is 5. The van der Waals surface area contributed by atoms with Crippen LogP contribution < -0.4 is 5.73 Å². The number of nitrogens with two attached hydrogens (primary N) is 1. The number of piperidine rings is 1. The second-order valence-corrected chi connectivity index (χ2v) is 6.17. The molecule has 0 spiro atoms. The van der Waals surface area contributed by atoms with Crippen molar-refractivity contribution in [2.75, 3.05) is 32.7 Å². The number of carbonyl (C=O) groups excluding carboxylic acids is 1. The van der Waals surface area contributed by atoms with Gasteiger partial charge in [0.2, 0.25) is 5.91 Å². The molecule has 0 aliphatic carbocycles. The van der Waals surface area contributed by atoms with E-state index in [2.05, 4.69) is 11.8 Å². The Morgan fingerprint density at radius 1 is 1.21 bits per heavy atom. The van der Waals surface area contributed by atoms with Gasteiger partial charge in [0.05, 0.1) is 6.04 Å². The highest BCUT2D eigenvalue weighted by Gasteiger charge is 2.27. The van der Waals surface area contributed by atoms with E-state index in [1.165, 1.54) is 32.5 Å². The minimum absolute atomic E-state index is 0.168. The highest BCUT2D eigenvalue weighted by Crippen LogP contribution is 2.21. The number of hydrogen-bond donors (Lipinski definition) is 1. The molecule has 2 aliphatic rings. The van der Waals surface area contributed by atoms with Gasteiger partial charge in [0.15, 0.2) is 0 Å². The maximum Gasteiger partial charge on any atom is 0.239 e. The summed E-state index contributed by atoms with van der Waals surface area (Å²) in [6, 6.07) is -0.278. The molecule has 2 fully saturated rings. The standard InChI is InChI=1S/C15H29N3O/c1-2-5-14(16)15(19)18-10-6-13(7-11-18)12-17-8-3-4-9-17/h13-14H,2-12,16H2,1H3/t14-/m0/s1. The Morgan fingerprint density at radius 3 is 2.42 bits per heavy atom. The van der Waals surface area contributed by atoms with Gasteiger partial charge in [0.1, 0.15) is 0 Å². The van der Waals surface area contributed by atoms with E-state index in [4.69, 9.17) is 5.73 Å². The van der Waals surface area contributed by atoms with Crippen LogP contribution >= 0.6 is 0 Å². The summed E-state index contributed by atoms with van der Waals surface area (Å²) in [7, 11) is 0. The predicted molar refractivity (Wildman–Crippen MR) is 77.9 cm³/mol. The highest BCUT2D eigenvalue weighted by molar-refractivity contribution is 5.81. The van der Waals surface area contributed by atoms with Gasteiger partial charge in [-0.15, -0.1) is 0 Å². The Balaban J connectivity index is 1.70. The molecule has 2 aliphatic heterocycles. The van der Waals surface area contributed by atoms with E-state index >= 15 is 0 Å². The summed E-state index contributed by atoms with van der Waals surface area (Å²) in [5, 5.41) is 0. The molecule has 1 atom stereocenters. The van der Waals surface area contributed by atoms with Crippen molar-refractivity contribution < 1.29 is 4.79 Å². The molecule has 110 valence electrons. The van der Waals surface area contributed by atoms with Crippen LogP contribution in [0.3, 0.4) is 0 Å². The first-order chi connectivity index (χ1) is 9.20. The quantitative estimate of drug-likeness (QED) is 0.820. The smallest absolute Gasteiger partial charge is 0.239 e. The Labute approximate surface area is 117 Å². The topological polar surface area (TPSA) is 49.6 Å². The Morgan fingerprint density at radius 2 is 1.84 bits per heavy atom. The maximum absolute atomic E-state index is 12.1. The lowest BCUT2D eigenvalue weighted by Crippen LogP contribution is -2.48. The van der Waals surface area contributed by atoms with Gasteiger partial charge in [0.25, 0.3) is 0 Å². The number of likely N-dealkylation sites (tertiary alicyclic amines) is 2. The van der Waals surface area contributed by atoms with Gasteiger partial charge in [0, 0.05) is 19.6 Å². The number of nitrogens with zero attached hydrogens (tertiary/aromatic N) is 2. The molecule has 2 heterocycles. The average Bonchev–Trinajstić information content (AvgIpc) is 2.92. The van der Waals surface area contributed by atoms with Gasteiger partial charge in [-0.1, -0.05) is 13.3 Å². The van der Waals surface area contributed by atoms with Crippen molar-refractivity contribution in [1.82, 2.24) is 9.80 Å². The summed E-state index contributed by atoms with van der Waals surface area (Å²) < 4.78 is 0. The third-order valence-electron chi connectivity index (χ3n) is 4.56. The molecular weight excluding hydrogens is 238 g/mol. The molecule has 0 aromatic rings. The highest BCUT2D eigenvalue weighted by atomic mass is 16.2. The lowest BCUT2D eigenvalue weighted by Gasteiger charge is -2.35. The molecule has 0 aromatic heterocycles. The second kappa shape index (κ2) is 7.25. The molecule has 2 N–H and O–H groups in total. The Bertz CT molecular complexity index is 281. The zero-order valence-corrected chi connectivity index (χ0v) is 12.3. The van der Waals surface area contributed by atoms with Crippen molar-refractivity contribution in [3.8, 4) is 0 Å². The number of hydrogen-bond acceptors (Lipinski definition) is 3. The summed E-state index contributed by atoms with van der Waals surface area (Å²) in [4.78, 5) is 16.7. The third kappa shape index (κ3) is 4.18. The summed E-state index contributed by atoms with van der Waals surface area (Å²) in [6.45, 7) is 7.70. The van der Waals surface area contributed by atoms with Crippen LogP contribution in [0.2, 0.25) is 0 Å². The fraction of sp³-hybridized carbons (Fsp3) is 0.933. The van der Waals surface area contributed by atoms with Gasteiger partial charge < -0.3 is 15.5 Å². The van der Waals surface area contributed by atoms with Crippen LogP contribution in [0.5, 0.6) is 0 Å². The predicted octanol–water partition coefficient (Wildman–Crippen LogP) is 1.45. The molecule has 2 saturated heterocycles. The molecule has 0 saturated carbocycles.